The topological polar surface area (TPSA) is 45.6 Å². The number of aromatic hydroxyl groups is 1. The van der Waals surface area contributed by atoms with Gasteiger partial charge in [0.15, 0.2) is 0 Å². The summed E-state index contributed by atoms with van der Waals surface area (Å²) in [5, 5.41) is 11.5. The molecule has 1 saturated heterocycles. The molecule has 1 aliphatic rings. The normalized spacial score (nSPS) is 15.0. The average Bonchev–Trinajstić information content (AvgIpc) is 3.21. The standard InChI is InChI=1S/C24H22N2O2S/c27-22-16-18(15-21-23(22)29-24(25-21)17-7-3-1-4-8-17)26-13-11-20(12-14-26)28-19-9-5-2-6-10-19/h1-10,15-16,20,27H,11-14H2. The van der Waals surface area contributed by atoms with Crippen molar-refractivity contribution in [2.45, 2.75) is 18.9 Å². The van der Waals surface area contributed by atoms with Crippen molar-refractivity contribution in [3.63, 3.8) is 0 Å². The van der Waals surface area contributed by atoms with Crippen LogP contribution in [-0.2, 0) is 0 Å². The fourth-order valence-corrected chi connectivity index (χ4v) is 4.77. The number of nitrogens with zero attached hydrogens (tertiary/aromatic N) is 2. The van der Waals surface area contributed by atoms with Crippen LogP contribution in [0.15, 0.2) is 72.8 Å². The number of piperidine rings is 1. The summed E-state index contributed by atoms with van der Waals surface area (Å²) in [5.74, 6) is 1.24. The van der Waals surface area contributed by atoms with Crippen LogP contribution in [0.1, 0.15) is 12.8 Å². The van der Waals surface area contributed by atoms with Crippen molar-refractivity contribution < 1.29 is 9.84 Å². The summed E-state index contributed by atoms with van der Waals surface area (Å²) in [6.45, 7) is 1.80. The molecule has 5 rings (SSSR count). The van der Waals surface area contributed by atoms with Crippen LogP contribution in [0, 0.1) is 0 Å². The molecule has 29 heavy (non-hydrogen) atoms. The van der Waals surface area contributed by atoms with Crippen molar-refractivity contribution in [1.82, 2.24) is 4.98 Å². The average molecular weight is 403 g/mol. The minimum Gasteiger partial charge on any atom is -0.506 e. The highest BCUT2D eigenvalue weighted by atomic mass is 32.1. The zero-order chi connectivity index (χ0) is 19.6. The second-order valence-corrected chi connectivity index (χ2v) is 8.31. The Labute approximate surface area is 174 Å². The van der Waals surface area contributed by atoms with Gasteiger partial charge in [0.2, 0.25) is 0 Å². The van der Waals surface area contributed by atoms with Gasteiger partial charge in [-0.15, -0.1) is 11.3 Å². The summed E-state index contributed by atoms with van der Waals surface area (Å²) in [7, 11) is 0. The molecule has 1 N–H and O–H groups in total. The van der Waals surface area contributed by atoms with Crippen LogP contribution in [0.2, 0.25) is 0 Å². The van der Waals surface area contributed by atoms with Crippen LogP contribution in [-0.4, -0.2) is 29.3 Å². The van der Waals surface area contributed by atoms with E-state index < -0.39 is 0 Å². The minimum atomic E-state index is 0.231. The number of fused-ring (bicyclic) bond motifs is 1. The second-order valence-electron chi connectivity index (χ2n) is 7.32. The molecule has 5 heteroatoms. The van der Waals surface area contributed by atoms with Crippen molar-refractivity contribution in [2.24, 2.45) is 0 Å². The first-order valence-electron chi connectivity index (χ1n) is 9.92. The molecule has 0 amide bonds. The molecule has 0 atom stereocenters. The van der Waals surface area contributed by atoms with Crippen molar-refractivity contribution in [2.75, 3.05) is 18.0 Å². The predicted molar refractivity (Wildman–Crippen MR) is 119 cm³/mol. The molecule has 0 aliphatic carbocycles. The molecule has 0 saturated carbocycles. The number of phenols is 1. The van der Waals surface area contributed by atoms with Gasteiger partial charge in [0.25, 0.3) is 0 Å². The molecular formula is C24H22N2O2S. The van der Waals surface area contributed by atoms with Gasteiger partial charge in [0, 0.05) is 43.2 Å². The quantitative estimate of drug-likeness (QED) is 0.474. The Morgan fingerprint density at radius 1 is 0.931 bits per heavy atom. The highest BCUT2D eigenvalue weighted by Gasteiger charge is 2.22. The van der Waals surface area contributed by atoms with Crippen LogP contribution in [0.3, 0.4) is 0 Å². The van der Waals surface area contributed by atoms with Crippen molar-refractivity contribution >= 4 is 27.2 Å². The first-order valence-corrected chi connectivity index (χ1v) is 10.7. The van der Waals surface area contributed by atoms with Gasteiger partial charge in [-0.2, -0.15) is 0 Å². The Morgan fingerprint density at radius 2 is 1.62 bits per heavy atom. The van der Waals surface area contributed by atoms with Gasteiger partial charge < -0.3 is 14.7 Å². The summed E-state index contributed by atoms with van der Waals surface area (Å²) in [6, 6.07) is 24.1. The minimum absolute atomic E-state index is 0.231. The van der Waals surface area contributed by atoms with Crippen LogP contribution in [0.25, 0.3) is 20.8 Å². The van der Waals surface area contributed by atoms with Gasteiger partial charge in [-0.1, -0.05) is 48.5 Å². The van der Waals surface area contributed by atoms with E-state index in [9.17, 15) is 5.11 Å². The van der Waals surface area contributed by atoms with E-state index >= 15 is 0 Å². The molecule has 146 valence electrons. The summed E-state index contributed by atoms with van der Waals surface area (Å²) in [5.41, 5.74) is 2.96. The molecule has 2 heterocycles. The zero-order valence-corrected chi connectivity index (χ0v) is 16.8. The molecule has 1 aromatic heterocycles. The number of ether oxygens (including phenoxy) is 1. The number of aromatic nitrogens is 1. The van der Waals surface area contributed by atoms with E-state index in [1.165, 1.54) is 11.3 Å². The highest BCUT2D eigenvalue weighted by Crippen LogP contribution is 2.38. The number of anilines is 1. The molecule has 3 aromatic carbocycles. The van der Waals surface area contributed by atoms with Crippen LogP contribution >= 0.6 is 11.3 Å². The van der Waals surface area contributed by atoms with E-state index in [1.807, 2.05) is 66.7 Å². The van der Waals surface area contributed by atoms with E-state index in [4.69, 9.17) is 9.72 Å². The monoisotopic (exact) mass is 402 g/mol. The third-order valence-corrected chi connectivity index (χ3v) is 6.47. The summed E-state index contributed by atoms with van der Waals surface area (Å²) < 4.78 is 6.94. The van der Waals surface area contributed by atoms with Crippen LogP contribution in [0.5, 0.6) is 11.5 Å². The van der Waals surface area contributed by atoms with E-state index in [0.29, 0.717) is 5.75 Å². The maximum atomic E-state index is 10.6. The lowest BCUT2D eigenvalue weighted by Crippen LogP contribution is -2.38. The lowest BCUT2D eigenvalue weighted by atomic mass is 10.1. The number of hydrogen-bond donors (Lipinski definition) is 1. The molecule has 0 bridgehead atoms. The Bertz CT molecular complexity index is 1100. The predicted octanol–water partition coefficient (Wildman–Crippen LogP) is 5.72. The van der Waals surface area contributed by atoms with Crippen LogP contribution in [0.4, 0.5) is 5.69 Å². The summed E-state index contributed by atoms with van der Waals surface area (Å²) >= 11 is 1.53. The molecule has 4 aromatic rings. The lowest BCUT2D eigenvalue weighted by Gasteiger charge is -2.33. The second kappa shape index (κ2) is 7.76. The van der Waals surface area contributed by atoms with E-state index in [1.54, 1.807) is 0 Å². The number of phenolic OH excluding ortho intramolecular Hbond substituents is 1. The van der Waals surface area contributed by atoms with Gasteiger partial charge in [0.1, 0.15) is 22.6 Å². The van der Waals surface area contributed by atoms with Gasteiger partial charge in [-0.3, -0.25) is 0 Å². The SMILES string of the molecule is Oc1cc(N2CCC(Oc3ccccc3)CC2)cc2nc(-c3ccccc3)sc12. The summed E-state index contributed by atoms with van der Waals surface area (Å²) in [4.78, 5) is 7.09. The smallest absolute Gasteiger partial charge is 0.137 e. The first kappa shape index (κ1) is 18.0. The lowest BCUT2D eigenvalue weighted by molar-refractivity contribution is 0.171. The molecule has 0 spiro atoms. The fraction of sp³-hybridized carbons (Fsp3) is 0.208. The van der Waals surface area contributed by atoms with Gasteiger partial charge in [-0.05, 0) is 18.2 Å². The third kappa shape index (κ3) is 3.78. The van der Waals surface area contributed by atoms with Crippen molar-refractivity contribution in [1.29, 1.82) is 0 Å². The molecule has 0 unspecified atom stereocenters. The number of hydrogen-bond acceptors (Lipinski definition) is 5. The molecule has 4 nitrogen and oxygen atoms in total. The Hall–Kier alpha value is -3.05. The molecule has 1 fully saturated rings. The number of thiazole rings is 1. The Morgan fingerprint density at radius 3 is 2.34 bits per heavy atom. The van der Waals surface area contributed by atoms with E-state index in [2.05, 4.69) is 11.0 Å². The van der Waals surface area contributed by atoms with Gasteiger partial charge in [-0.25, -0.2) is 4.98 Å². The van der Waals surface area contributed by atoms with Crippen molar-refractivity contribution in [3.8, 4) is 22.1 Å². The summed E-state index contributed by atoms with van der Waals surface area (Å²) in [6.07, 6.45) is 2.15. The first-order chi connectivity index (χ1) is 14.3. The van der Waals surface area contributed by atoms with Crippen LogP contribution < -0.4 is 9.64 Å². The van der Waals surface area contributed by atoms with E-state index in [-0.39, 0.29) is 6.10 Å². The Balaban J connectivity index is 1.33. The van der Waals surface area contributed by atoms with Gasteiger partial charge in [0.05, 0.1) is 10.2 Å². The molecular weight excluding hydrogens is 380 g/mol. The highest BCUT2D eigenvalue weighted by molar-refractivity contribution is 7.22. The zero-order valence-electron chi connectivity index (χ0n) is 16.0. The van der Waals surface area contributed by atoms with Gasteiger partial charge >= 0.3 is 0 Å². The van der Waals surface area contributed by atoms with E-state index in [0.717, 1.165) is 58.2 Å². The molecule has 1 aliphatic heterocycles. The number of benzene rings is 3. The van der Waals surface area contributed by atoms with Crippen molar-refractivity contribution in [3.05, 3.63) is 72.8 Å². The Kier molecular flexibility index (Phi) is 4.82. The number of rotatable bonds is 4. The largest absolute Gasteiger partial charge is 0.506 e. The maximum absolute atomic E-state index is 10.6. The fourth-order valence-electron chi connectivity index (χ4n) is 3.81. The third-order valence-electron chi connectivity index (χ3n) is 5.33. The number of para-hydroxylation sites is 1. The maximum Gasteiger partial charge on any atom is 0.137 e. The molecule has 0 radical (unpaired) electrons.